The first-order chi connectivity index (χ1) is 11.3. The largest absolute Gasteiger partial charge is 0.370 e. The van der Waals surface area contributed by atoms with Crippen LogP contribution in [0.1, 0.15) is 37.3 Å². The van der Waals surface area contributed by atoms with Gasteiger partial charge in [0.05, 0.1) is 0 Å². The number of aromatic nitrogens is 3. The van der Waals surface area contributed by atoms with Crippen LogP contribution in [-0.2, 0) is 19.4 Å². The number of hydrogen-bond donors (Lipinski definition) is 2. The minimum Gasteiger partial charge on any atom is -0.370 e. The van der Waals surface area contributed by atoms with Gasteiger partial charge in [-0.25, -0.2) is 0 Å². The van der Waals surface area contributed by atoms with Crippen LogP contribution in [0.2, 0.25) is 0 Å². The Labute approximate surface area is 136 Å². The molecule has 2 heterocycles. The van der Waals surface area contributed by atoms with Gasteiger partial charge in [0.2, 0.25) is 0 Å². The van der Waals surface area contributed by atoms with E-state index in [1.54, 1.807) is 0 Å². The molecular weight excluding hydrogens is 288 g/mol. The zero-order valence-electron chi connectivity index (χ0n) is 13.4. The van der Waals surface area contributed by atoms with E-state index >= 15 is 0 Å². The van der Waals surface area contributed by atoms with E-state index in [0.29, 0.717) is 12.5 Å². The van der Waals surface area contributed by atoms with Gasteiger partial charge in [-0.2, -0.15) is 0 Å². The van der Waals surface area contributed by atoms with Gasteiger partial charge in [0.15, 0.2) is 5.96 Å². The molecule has 1 aromatic carbocycles. The average molecular weight is 312 g/mol. The quantitative estimate of drug-likeness (QED) is 0.504. The summed E-state index contributed by atoms with van der Waals surface area (Å²) in [5.74, 6) is 2.69. The second-order valence-electron chi connectivity index (χ2n) is 5.86. The molecular formula is C17H24N6. The summed E-state index contributed by atoms with van der Waals surface area (Å²) >= 11 is 0. The van der Waals surface area contributed by atoms with Gasteiger partial charge in [0.25, 0.3) is 0 Å². The molecule has 1 aliphatic heterocycles. The molecule has 122 valence electrons. The van der Waals surface area contributed by atoms with Crippen LogP contribution in [0.3, 0.4) is 0 Å². The van der Waals surface area contributed by atoms with Crippen LogP contribution in [0.15, 0.2) is 35.3 Å². The lowest BCUT2D eigenvalue weighted by Crippen LogP contribution is -2.22. The third-order valence-electron chi connectivity index (χ3n) is 4.07. The van der Waals surface area contributed by atoms with Crippen molar-refractivity contribution in [3.63, 3.8) is 0 Å². The Morgan fingerprint density at radius 3 is 2.91 bits per heavy atom. The molecule has 0 saturated heterocycles. The fourth-order valence-electron chi connectivity index (χ4n) is 2.88. The molecule has 23 heavy (non-hydrogen) atoms. The predicted molar refractivity (Wildman–Crippen MR) is 92.5 cm³/mol. The lowest BCUT2D eigenvalue weighted by Gasteiger charge is -2.07. The van der Waals surface area contributed by atoms with Gasteiger partial charge >= 0.3 is 0 Å². The number of anilines is 1. The smallest absolute Gasteiger partial charge is 0.193 e. The van der Waals surface area contributed by atoms with Crippen molar-refractivity contribution in [2.75, 3.05) is 11.9 Å². The van der Waals surface area contributed by atoms with Gasteiger partial charge in [0, 0.05) is 31.6 Å². The number of hydrogen-bond acceptors (Lipinski definition) is 3. The number of nitrogens with zero attached hydrogens (tertiary/aromatic N) is 4. The summed E-state index contributed by atoms with van der Waals surface area (Å²) in [6.07, 6.45) is 6.62. The minimum atomic E-state index is 0.455. The van der Waals surface area contributed by atoms with Crippen LogP contribution < -0.4 is 11.1 Å². The highest BCUT2D eigenvalue weighted by atomic mass is 15.3. The van der Waals surface area contributed by atoms with Gasteiger partial charge in [-0.1, -0.05) is 24.6 Å². The number of guanidine groups is 1. The molecule has 0 aliphatic carbocycles. The Morgan fingerprint density at radius 1 is 1.17 bits per heavy atom. The van der Waals surface area contributed by atoms with Crippen LogP contribution in [-0.4, -0.2) is 27.3 Å². The van der Waals surface area contributed by atoms with E-state index < -0.39 is 0 Å². The van der Waals surface area contributed by atoms with Crippen molar-refractivity contribution in [1.29, 1.82) is 0 Å². The van der Waals surface area contributed by atoms with E-state index in [1.807, 2.05) is 30.3 Å². The van der Waals surface area contributed by atoms with Crippen molar-refractivity contribution in [2.24, 2.45) is 10.7 Å². The fraction of sp³-hybridized carbons (Fsp3) is 0.471. The molecule has 3 N–H and O–H groups in total. The number of para-hydroxylation sites is 1. The molecule has 0 radical (unpaired) electrons. The first-order valence-electron chi connectivity index (χ1n) is 8.36. The first kappa shape index (κ1) is 15.5. The Balaban J connectivity index is 1.48. The molecule has 6 nitrogen and oxygen atoms in total. The van der Waals surface area contributed by atoms with Crippen LogP contribution in [0.4, 0.5) is 5.69 Å². The van der Waals surface area contributed by atoms with E-state index in [4.69, 9.17) is 5.73 Å². The molecule has 0 amide bonds. The van der Waals surface area contributed by atoms with Crippen LogP contribution in [0.25, 0.3) is 0 Å². The monoisotopic (exact) mass is 312 g/mol. The summed E-state index contributed by atoms with van der Waals surface area (Å²) in [7, 11) is 0. The highest BCUT2D eigenvalue weighted by Gasteiger charge is 2.13. The predicted octanol–water partition coefficient (Wildman–Crippen LogP) is 2.36. The summed E-state index contributed by atoms with van der Waals surface area (Å²) in [6.45, 7) is 1.74. The molecule has 0 saturated carbocycles. The standard InChI is InChI=1S/C17H24N6/c18-17(20-14-8-3-1-4-9-14)19-12-7-11-16-22-21-15-10-5-2-6-13-23(15)16/h1,3-4,8-9H,2,5-7,10-13H2,(H3,18,19,20). The maximum atomic E-state index is 5.90. The molecule has 1 aromatic heterocycles. The van der Waals surface area contributed by atoms with E-state index in [2.05, 4.69) is 25.1 Å². The molecule has 1 aliphatic rings. The first-order valence-corrected chi connectivity index (χ1v) is 8.36. The van der Waals surface area contributed by atoms with Crippen LogP contribution >= 0.6 is 0 Å². The van der Waals surface area contributed by atoms with Gasteiger partial charge < -0.3 is 15.6 Å². The summed E-state index contributed by atoms with van der Waals surface area (Å²) in [6, 6.07) is 9.83. The third kappa shape index (κ3) is 4.31. The van der Waals surface area contributed by atoms with Crippen molar-refractivity contribution in [1.82, 2.24) is 14.8 Å². The van der Waals surface area contributed by atoms with E-state index in [1.165, 1.54) is 19.3 Å². The molecule has 0 spiro atoms. The summed E-state index contributed by atoms with van der Waals surface area (Å²) < 4.78 is 2.29. The van der Waals surface area contributed by atoms with Gasteiger partial charge in [-0.15, -0.1) is 10.2 Å². The van der Waals surface area contributed by atoms with Crippen molar-refractivity contribution in [3.8, 4) is 0 Å². The molecule has 3 rings (SSSR count). The number of rotatable bonds is 5. The van der Waals surface area contributed by atoms with Crippen molar-refractivity contribution < 1.29 is 0 Å². The van der Waals surface area contributed by atoms with Crippen molar-refractivity contribution in [3.05, 3.63) is 42.0 Å². The van der Waals surface area contributed by atoms with Gasteiger partial charge in [-0.3, -0.25) is 4.99 Å². The number of nitrogens with one attached hydrogen (secondary N) is 1. The number of nitrogens with two attached hydrogens (primary N) is 1. The fourth-order valence-corrected chi connectivity index (χ4v) is 2.88. The minimum absolute atomic E-state index is 0.455. The Kier molecular flexibility index (Phi) is 5.24. The van der Waals surface area contributed by atoms with Gasteiger partial charge in [0.1, 0.15) is 11.6 Å². The maximum Gasteiger partial charge on any atom is 0.193 e. The van der Waals surface area contributed by atoms with E-state index in [9.17, 15) is 0 Å². The van der Waals surface area contributed by atoms with Crippen LogP contribution in [0.5, 0.6) is 0 Å². The van der Waals surface area contributed by atoms with Gasteiger partial charge in [-0.05, 0) is 31.4 Å². The third-order valence-corrected chi connectivity index (χ3v) is 4.07. The van der Waals surface area contributed by atoms with Crippen LogP contribution in [0, 0.1) is 0 Å². The Morgan fingerprint density at radius 2 is 2.04 bits per heavy atom. The molecule has 0 bridgehead atoms. The highest BCUT2D eigenvalue weighted by Crippen LogP contribution is 2.15. The maximum absolute atomic E-state index is 5.90. The average Bonchev–Trinajstić information content (AvgIpc) is 2.79. The number of aliphatic imine (C=N–C) groups is 1. The molecule has 0 atom stereocenters. The topological polar surface area (TPSA) is 81.1 Å². The number of benzene rings is 1. The Hall–Kier alpha value is -2.37. The highest BCUT2D eigenvalue weighted by molar-refractivity contribution is 5.92. The summed E-state index contributed by atoms with van der Waals surface area (Å²) in [5, 5.41) is 11.8. The van der Waals surface area contributed by atoms with Crippen molar-refractivity contribution in [2.45, 2.75) is 45.1 Å². The zero-order valence-corrected chi connectivity index (χ0v) is 13.4. The van der Waals surface area contributed by atoms with E-state index in [0.717, 1.165) is 43.1 Å². The number of fused-ring (bicyclic) bond motifs is 1. The summed E-state index contributed by atoms with van der Waals surface area (Å²) in [4.78, 5) is 4.38. The molecule has 2 aromatic rings. The van der Waals surface area contributed by atoms with Crippen molar-refractivity contribution >= 4 is 11.6 Å². The molecule has 0 fully saturated rings. The number of aryl methyl sites for hydroxylation is 2. The second-order valence-corrected chi connectivity index (χ2v) is 5.86. The lowest BCUT2D eigenvalue weighted by molar-refractivity contribution is 0.598. The lowest BCUT2D eigenvalue weighted by atomic mass is 10.2. The SMILES string of the molecule is NC(=NCCCc1nnc2n1CCCCC2)Nc1ccccc1. The molecule has 0 unspecified atom stereocenters. The molecule has 6 heteroatoms. The van der Waals surface area contributed by atoms with E-state index in [-0.39, 0.29) is 0 Å². The Bertz CT molecular complexity index is 646. The second kappa shape index (κ2) is 7.76. The zero-order chi connectivity index (χ0) is 15.9. The normalized spacial score (nSPS) is 15.0. The summed E-state index contributed by atoms with van der Waals surface area (Å²) in [5.41, 5.74) is 6.86.